The molecular weight excluding hydrogens is 391 g/mol. The van der Waals surface area contributed by atoms with Crippen molar-refractivity contribution in [3.8, 4) is 11.3 Å². The highest BCUT2D eigenvalue weighted by atomic mass is 19.4. The van der Waals surface area contributed by atoms with Crippen LogP contribution in [-0.2, 0) is 6.18 Å². The number of halogens is 3. The number of benzene rings is 1. The highest BCUT2D eigenvalue weighted by Crippen LogP contribution is 2.32. The van der Waals surface area contributed by atoms with Crippen LogP contribution in [0.2, 0.25) is 0 Å². The van der Waals surface area contributed by atoms with Gasteiger partial charge in [0.15, 0.2) is 17.0 Å². The topological polar surface area (TPSA) is 102 Å². The summed E-state index contributed by atoms with van der Waals surface area (Å²) in [4.78, 5) is 26.5. The van der Waals surface area contributed by atoms with E-state index < -0.39 is 22.7 Å². The number of nitro groups is 1. The molecule has 11 heteroatoms. The number of amides is 1. The van der Waals surface area contributed by atoms with Crippen molar-refractivity contribution in [1.82, 2.24) is 19.9 Å². The van der Waals surface area contributed by atoms with Crippen molar-refractivity contribution < 1.29 is 22.9 Å². The van der Waals surface area contributed by atoms with Crippen LogP contribution in [0.15, 0.2) is 36.4 Å². The van der Waals surface area contributed by atoms with E-state index in [9.17, 15) is 28.1 Å². The first-order valence-corrected chi connectivity index (χ1v) is 8.64. The average Bonchev–Trinajstić information content (AvgIpc) is 3.10. The van der Waals surface area contributed by atoms with E-state index in [1.165, 1.54) is 30.3 Å². The molecule has 1 N–H and O–H groups in total. The van der Waals surface area contributed by atoms with Gasteiger partial charge in [0.05, 0.1) is 10.6 Å². The second kappa shape index (κ2) is 7.49. The second-order valence-corrected chi connectivity index (χ2v) is 6.41. The smallest absolute Gasteiger partial charge is 0.348 e. The van der Waals surface area contributed by atoms with Crippen molar-refractivity contribution in [3.05, 3.63) is 57.9 Å². The number of rotatable bonds is 5. The molecule has 152 valence electrons. The quantitative estimate of drug-likeness (QED) is 0.511. The van der Waals surface area contributed by atoms with Gasteiger partial charge in [0.25, 0.3) is 11.6 Å². The monoisotopic (exact) mass is 407 g/mol. The predicted molar refractivity (Wildman–Crippen MR) is 97.3 cm³/mol. The van der Waals surface area contributed by atoms with E-state index in [-0.39, 0.29) is 34.3 Å². The fraction of sp³-hybridized carbons (Fsp3) is 0.278. The summed E-state index contributed by atoms with van der Waals surface area (Å²) in [5.41, 5.74) is -1.45. The van der Waals surface area contributed by atoms with Gasteiger partial charge in [-0.05, 0) is 31.5 Å². The minimum Gasteiger partial charge on any atom is -0.348 e. The molecule has 1 unspecified atom stereocenters. The summed E-state index contributed by atoms with van der Waals surface area (Å²) in [5, 5.41) is 17.2. The number of hydrogen-bond donors (Lipinski definition) is 1. The third-order valence-electron chi connectivity index (χ3n) is 4.31. The maximum Gasteiger partial charge on any atom is 0.433 e. The summed E-state index contributed by atoms with van der Waals surface area (Å²) in [6.07, 6.45) is -4.11. The first-order valence-electron chi connectivity index (χ1n) is 8.64. The highest BCUT2D eigenvalue weighted by molar-refractivity contribution is 5.93. The summed E-state index contributed by atoms with van der Waals surface area (Å²) >= 11 is 0. The van der Waals surface area contributed by atoms with Gasteiger partial charge >= 0.3 is 6.18 Å². The first kappa shape index (κ1) is 20.2. The van der Waals surface area contributed by atoms with E-state index >= 15 is 0 Å². The number of hydrogen-bond acceptors (Lipinski definition) is 5. The lowest BCUT2D eigenvalue weighted by molar-refractivity contribution is -0.384. The van der Waals surface area contributed by atoms with Crippen LogP contribution in [0.25, 0.3) is 16.9 Å². The molecule has 0 spiro atoms. The molecule has 3 rings (SSSR count). The van der Waals surface area contributed by atoms with E-state index in [1.807, 2.05) is 6.92 Å². The molecule has 0 fully saturated rings. The minimum atomic E-state index is -4.76. The zero-order valence-corrected chi connectivity index (χ0v) is 15.4. The molecule has 1 aromatic carbocycles. The van der Waals surface area contributed by atoms with Crippen LogP contribution in [0.5, 0.6) is 0 Å². The van der Waals surface area contributed by atoms with Gasteiger partial charge in [-0.2, -0.15) is 18.3 Å². The van der Waals surface area contributed by atoms with Crippen LogP contribution >= 0.6 is 0 Å². The minimum absolute atomic E-state index is 0.0477. The highest BCUT2D eigenvalue weighted by Gasteiger charge is 2.35. The third-order valence-corrected chi connectivity index (χ3v) is 4.31. The SMILES string of the molecule is CCC(C)NC(=O)c1cc2nc(-c3ccc([N+](=O)[O-])cc3)cc(C(F)(F)F)n2n1. The molecule has 0 saturated carbocycles. The Morgan fingerprint density at radius 2 is 1.93 bits per heavy atom. The number of nitrogens with one attached hydrogen (secondary N) is 1. The Bertz CT molecular complexity index is 1080. The van der Waals surface area contributed by atoms with E-state index in [1.54, 1.807) is 6.92 Å². The van der Waals surface area contributed by atoms with Gasteiger partial charge in [0.2, 0.25) is 0 Å². The Labute approximate surface area is 162 Å². The maximum absolute atomic E-state index is 13.6. The Morgan fingerprint density at radius 3 is 2.48 bits per heavy atom. The Hall–Kier alpha value is -3.50. The van der Waals surface area contributed by atoms with Crippen molar-refractivity contribution >= 4 is 17.2 Å². The number of alkyl halides is 3. The van der Waals surface area contributed by atoms with Gasteiger partial charge in [0.1, 0.15) is 0 Å². The summed E-state index contributed by atoms with van der Waals surface area (Å²) in [7, 11) is 0. The van der Waals surface area contributed by atoms with Crippen LogP contribution in [0.4, 0.5) is 18.9 Å². The molecule has 1 amide bonds. The van der Waals surface area contributed by atoms with Crippen molar-refractivity contribution in [3.63, 3.8) is 0 Å². The Morgan fingerprint density at radius 1 is 1.28 bits per heavy atom. The summed E-state index contributed by atoms with van der Waals surface area (Å²) in [6, 6.07) is 6.76. The normalized spacial score (nSPS) is 12.7. The lowest BCUT2D eigenvalue weighted by Gasteiger charge is -2.11. The molecule has 0 bridgehead atoms. The van der Waals surface area contributed by atoms with Crippen LogP contribution < -0.4 is 5.32 Å². The zero-order valence-electron chi connectivity index (χ0n) is 15.4. The van der Waals surface area contributed by atoms with Crippen LogP contribution in [0, 0.1) is 10.1 Å². The van der Waals surface area contributed by atoms with E-state index in [2.05, 4.69) is 15.4 Å². The molecule has 2 aromatic heterocycles. The van der Waals surface area contributed by atoms with Gasteiger partial charge in [-0.1, -0.05) is 6.92 Å². The summed E-state index contributed by atoms with van der Waals surface area (Å²) < 4.78 is 41.3. The van der Waals surface area contributed by atoms with Gasteiger partial charge in [0, 0.05) is 29.8 Å². The zero-order chi connectivity index (χ0) is 21.3. The summed E-state index contributed by atoms with van der Waals surface area (Å²) in [6.45, 7) is 3.62. The number of fused-ring (bicyclic) bond motifs is 1. The lowest BCUT2D eigenvalue weighted by atomic mass is 10.1. The molecule has 0 aliphatic heterocycles. The molecule has 0 saturated heterocycles. The number of aromatic nitrogens is 3. The van der Waals surface area contributed by atoms with Crippen molar-refractivity contribution in [1.29, 1.82) is 0 Å². The number of nitrogens with zero attached hydrogens (tertiary/aromatic N) is 4. The van der Waals surface area contributed by atoms with E-state index in [0.29, 0.717) is 10.9 Å². The van der Waals surface area contributed by atoms with Gasteiger partial charge in [-0.3, -0.25) is 14.9 Å². The van der Waals surface area contributed by atoms with Gasteiger partial charge in [-0.25, -0.2) is 9.50 Å². The van der Waals surface area contributed by atoms with Gasteiger partial charge in [-0.15, -0.1) is 0 Å². The molecular formula is C18H16F3N5O3. The molecule has 0 aliphatic carbocycles. The van der Waals surface area contributed by atoms with Crippen LogP contribution in [0.3, 0.4) is 0 Å². The molecule has 2 heterocycles. The van der Waals surface area contributed by atoms with Crippen molar-refractivity contribution in [2.45, 2.75) is 32.5 Å². The summed E-state index contributed by atoms with van der Waals surface area (Å²) in [5.74, 6) is -0.602. The first-order chi connectivity index (χ1) is 13.6. The number of nitro benzene ring substituents is 1. The molecule has 0 aliphatic rings. The lowest BCUT2D eigenvalue weighted by Crippen LogP contribution is -2.32. The largest absolute Gasteiger partial charge is 0.433 e. The number of carbonyl (C=O) groups excluding carboxylic acids is 1. The number of carbonyl (C=O) groups is 1. The van der Waals surface area contributed by atoms with E-state index in [4.69, 9.17) is 0 Å². The second-order valence-electron chi connectivity index (χ2n) is 6.41. The van der Waals surface area contributed by atoms with Gasteiger partial charge < -0.3 is 5.32 Å². The van der Waals surface area contributed by atoms with Crippen LogP contribution in [0.1, 0.15) is 36.5 Å². The maximum atomic E-state index is 13.6. The van der Waals surface area contributed by atoms with Crippen LogP contribution in [-0.4, -0.2) is 31.5 Å². The molecule has 29 heavy (non-hydrogen) atoms. The van der Waals surface area contributed by atoms with E-state index in [0.717, 1.165) is 6.07 Å². The fourth-order valence-electron chi connectivity index (χ4n) is 2.59. The predicted octanol–water partition coefficient (Wildman–Crippen LogP) is 3.85. The molecule has 8 nitrogen and oxygen atoms in total. The van der Waals surface area contributed by atoms with Crippen molar-refractivity contribution in [2.75, 3.05) is 0 Å². The molecule has 3 aromatic rings. The molecule has 1 atom stereocenters. The fourth-order valence-corrected chi connectivity index (χ4v) is 2.59. The van der Waals surface area contributed by atoms with Crippen molar-refractivity contribution in [2.24, 2.45) is 0 Å². The standard InChI is InChI=1S/C18H16F3N5O3/c1-3-10(2)22-17(27)14-9-16-23-13(8-15(18(19,20)21)25(16)24-14)11-4-6-12(7-5-11)26(28)29/h4-10H,3H2,1-2H3,(H,22,27). The third kappa shape index (κ3) is 4.18. The molecule has 0 radical (unpaired) electrons. The average molecular weight is 407 g/mol. The number of non-ortho nitro benzene ring substituents is 1. The Kier molecular flexibility index (Phi) is 5.23. The Balaban J connectivity index is 2.11.